The van der Waals surface area contributed by atoms with E-state index in [4.69, 9.17) is 14.2 Å². The molecule has 0 saturated carbocycles. The number of hydrogen-bond donors (Lipinski definition) is 1. The number of carbonyl (C=O) groups excluding carboxylic acids is 2. The van der Waals surface area contributed by atoms with Crippen LogP contribution in [0.25, 0.3) is 0 Å². The molecule has 2 aromatic carbocycles. The van der Waals surface area contributed by atoms with E-state index < -0.39 is 5.97 Å². The Morgan fingerprint density at radius 1 is 1.08 bits per heavy atom. The Morgan fingerprint density at radius 3 is 2.52 bits per heavy atom. The molecule has 2 aromatic rings. The molecule has 0 aromatic heterocycles. The van der Waals surface area contributed by atoms with Gasteiger partial charge in [-0.25, -0.2) is 4.79 Å². The van der Waals surface area contributed by atoms with Crippen molar-refractivity contribution in [1.82, 2.24) is 0 Å². The predicted molar refractivity (Wildman–Crippen MR) is 94.3 cm³/mol. The van der Waals surface area contributed by atoms with E-state index in [2.05, 4.69) is 5.32 Å². The van der Waals surface area contributed by atoms with Gasteiger partial charge in [0.25, 0.3) is 5.91 Å². The highest BCUT2D eigenvalue weighted by molar-refractivity contribution is 5.97. The van der Waals surface area contributed by atoms with Crippen molar-refractivity contribution in [3.05, 3.63) is 53.6 Å². The molecular formula is C19H21NO5. The zero-order chi connectivity index (χ0) is 18.2. The molecule has 0 heterocycles. The fourth-order valence-corrected chi connectivity index (χ4v) is 2.23. The Hall–Kier alpha value is -3.02. The number of hydrogen-bond acceptors (Lipinski definition) is 5. The largest absolute Gasteiger partial charge is 0.497 e. The summed E-state index contributed by atoms with van der Waals surface area (Å²) in [6.45, 7) is 3.64. The van der Waals surface area contributed by atoms with E-state index in [1.54, 1.807) is 63.4 Å². The molecule has 2 rings (SSSR count). The number of rotatable bonds is 7. The SMILES string of the molecule is CCOC(=O)c1cccc(NC(=O)COc2cccc(OC)c2)c1C. The lowest BCUT2D eigenvalue weighted by Gasteiger charge is -2.12. The lowest BCUT2D eigenvalue weighted by atomic mass is 10.1. The Kier molecular flexibility index (Phi) is 6.39. The van der Waals surface area contributed by atoms with E-state index >= 15 is 0 Å². The summed E-state index contributed by atoms with van der Waals surface area (Å²) in [7, 11) is 1.56. The third-order valence-electron chi connectivity index (χ3n) is 3.51. The van der Waals surface area contributed by atoms with E-state index in [1.165, 1.54) is 0 Å². The molecule has 0 bridgehead atoms. The summed E-state index contributed by atoms with van der Waals surface area (Å²) in [5, 5.41) is 2.74. The maximum absolute atomic E-state index is 12.1. The maximum Gasteiger partial charge on any atom is 0.338 e. The molecule has 1 amide bonds. The van der Waals surface area contributed by atoms with Crippen molar-refractivity contribution < 1.29 is 23.8 Å². The maximum atomic E-state index is 12.1. The van der Waals surface area contributed by atoms with E-state index in [0.29, 0.717) is 34.9 Å². The molecule has 0 aliphatic carbocycles. The number of esters is 1. The third-order valence-corrected chi connectivity index (χ3v) is 3.51. The predicted octanol–water partition coefficient (Wildman–Crippen LogP) is 3.20. The van der Waals surface area contributed by atoms with Crippen LogP contribution in [0.4, 0.5) is 5.69 Å². The van der Waals surface area contributed by atoms with Crippen LogP contribution in [0.1, 0.15) is 22.8 Å². The normalized spacial score (nSPS) is 10.0. The van der Waals surface area contributed by atoms with Gasteiger partial charge in [-0.05, 0) is 43.7 Å². The lowest BCUT2D eigenvalue weighted by molar-refractivity contribution is -0.118. The van der Waals surface area contributed by atoms with Gasteiger partial charge < -0.3 is 19.5 Å². The number of carbonyl (C=O) groups is 2. The number of amides is 1. The average Bonchev–Trinajstić information content (AvgIpc) is 2.62. The smallest absolute Gasteiger partial charge is 0.338 e. The molecule has 25 heavy (non-hydrogen) atoms. The van der Waals surface area contributed by atoms with Crippen LogP contribution in [0, 0.1) is 6.92 Å². The standard InChI is InChI=1S/C19H21NO5/c1-4-24-19(22)16-9-6-10-17(13(16)2)20-18(21)12-25-15-8-5-7-14(11-15)23-3/h5-11H,4,12H2,1-3H3,(H,20,21). The summed E-state index contributed by atoms with van der Waals surface area (Å²) in [4.78, 5) is 24.0. The first-order valence-electron chi connectivity index (χ1n) is 7.88. The molecule has 0 unspecified atom stereocenters. The topological polar surface area (TPSA) is 73.9 Å². The molecule has 0 fully saturated rings. The molecular weight excluding hydrogens is 322 g/mol. The summed E-state index contributed by atoms with van der Waals surface area (Å²) in [6.07, 6.45) is 0. The highest BCUT2D eigenvalue weighted by Crippen LogP contribution is 2.21. The van der Waals surface area contributed by atoms with Gasteiger partial charge in [0.15, 0.2) is 6.61 Å². The van der Waals surface area contributed by atoms with Crippen molar-refractivity contribution in [1.29, 1.82) is 0 Å². The average molecular weight is 343 g/mol. The van der Waals surface area contributed by atoms with Gasteiger partial charge in [0.05, 0.1) is 19.3 Å². The van der Waals surface area contributed by atoms with Gasteiger partial charge >= 0.3 is 5.97 Å². The summed E-state index contributed by atoms with van der Waals surface area (Å²) in [6, 6.07) is 12.1. The van der Waals surface area contributed by atoms with Gasteiger partial charge in [0.1, 0.15) is 11.5 Å². The Balaban J connectivity index is 2.00. The van der Waals surface area contributed by atoms with Crippen LogP contribution in [-0.4, -0.2) is 32.2 Å². The number of anilines is 1. The lowest BCUT2D eigenvalue weighted by Crippen LogP contribution is -2.21. The van der Waals surface area contributed by atoms with Gasteiger partial charge in [-0.1, -0.05) is 12.1 Å². The third kappa shape index (κ3) is 4.97. The fourth-order valence-electron chi connectivity index (χ4n) is 2.23. The van der Waals surface area contributed by atoms with Crippen molar-refractivity contribution in [3.8, 4) is 11.5 Å². The Morgan fingerprint density at radius 2 is 1.80 bits per heavy atom. The summed E-state index contributed by atoms with van der Waals surface area (Å²) in [5.41, 5.74) is 1.62. The molecule has 0 saturated heterocycles. The van der Waals surface area contributed by atoms with Crippen molar-refractivity contribution in [2.75, 3.05) is 25.6 Å². The zero-order valence-corrected chi connectivity index (χ0v) is 14.5. The van der Waals surface area contributed by atoms with Crippen LogP contribution < -0.4 is 14.8 Å². The minimum Gasteiger partial charge on any atom is -0.497 e. The second-order valence-corrected chi connectivity index (χ2v) is 5.21. The van der Waals surface area contributed by atoms with Gasteiger partial charge in [0.2, 0.25) is 0 Å². The molecule has 1 N–H and O–H groups in total. The Bertz CT molecular complexity index is 757. The summed E-state index contributed by atoms with van der Waals surface area (Å²) < 4.78 is 15.6. The van der Waals surface area contributed by atoms with Gasteiger partial charge in [-0.2, -0.15) is 0 Å². The molecule has 132 valence electrons. The first kappa shape index (κ1) is 18.3. The molecule has 0 radical (unpaired) electrons. The first-order chi connectivity index (χ1) is 12.0. The molecule has 6 nitrogen and oxygen atoms in total. The van der Waals surface area contributed by atoms with Crippen LogP contribution in [0.5, 0.6) is 11.5 Å². The highest BCUT2D eigenvalue weighted by atomic mass is 16.5. The minimum absolute atomic E-state index is 0.157. The second kappa shape index (κ2) is 8.73. The van der Waals surface area contributed by atoms with Crippen LogP contribution in [0.2, 0.25) is 0 Å². The van der Waals surface area contributed by atoms with E-state index in [1.807, 2.05) is 0 Å². The van der Waals surface area contributed by atoms with Crippen LogP contribution in [-0.2, 0) is 9.53 Å². The van der Waals surface area contributed by atoms with Crippen molar-refractivity contribution in [2.24, 2.45) is 0 Å². The molecule has 6 heteroatoms. The molecule has 0 aliphatic heterocycles. The van der Waals surface area contributed by atoms with Crippen molar-refractivity contribution >= 4 is 17.6 Å². The van der Waals surface area contributed by atoms with Crippen LogP contribution in [0.3, 0.4) is 0 Å². The Labute approximate surface area is 146 Å². The summed E-state index contributed by atoms with van der Waals surface area (Å²) in [5.74, 6) is 0.443. The van der Waals surface area contributed by atoms with Gasteiger partial charge in [-0.3, -0.25) is 4.79 Å². The minimum atomic E-state index is -0.413. The van der Waals surface area contributed by atoms with Crippen molar-refractivity contribution in [2.45, 2.75) is 13.8 Å². The highest BCUT2D eigenvalue weighted by Gasteiger charge is 2.14. The summed E-state index contributed by atoms with van der Waals surface area (Å²) >= 11 is 0. The number of ether oxygens (including phenoxy) is 3. The van der Waals surface area contributed by atoms with Crippen LogP contribution >= 0.6 is 0 Å². The van der Waals surface area contributed by atoms with E-state index in [-0.39, 0.29) is 12.5 Å². The molecule has 0 atom stereocenters. The van der Waals surface area contributed by atoms with Gasteiger partial charge in [0, 0.05) is 11.8 Å². The second-order valence-electron chi connectivity index (χ2n) is 5.21. The zero-order valence-electron chi connectivity index (χ0n) is 14.5. The van der Waals surface area contributed by atoms with Crippen molar-refractivity contribution in [3.63, 3.8) is 0 Å². The molecule has 0 aliphatic rings. The van der Waals surface area contributed by atoms with E-state index in [0.717, 1.165) is 0 Å². The fraction of sp³-hybridized carbons (Fsp3) is 0.263. The van der Waals surface area contributed by atoms with Gasteiger partial charge in [-0.15, -0.1) is 0 Å². The number of methoxy groups -OCH3 is 1. The number of benzene rings is 2. The van der Waals surface area contributed by atoms with E-state index in [9.17, 15) is 9.59 Å². The quantitative estimate of drug-likeness (QED) is 0.782. The monoisotopic (exact) mass is 343 g/mol. The number of nitrogens with one attached hydrogen (secondary N) is 1. The first-order valence-corrected chi connectivity index (χ1v) is 7.88. The molecule has 0 spiro atoms. The van der Waals surface area contributed by atoms with Crippen LogP contribution in [0.15, 0.2) is 42.5 Å².